The number of rotatable bonds is 8. The number of hydrogen-bond donors (Lipinski definition) is 1. The predicted molar refractivity (Wildman–Crippen MR) is 72.9 cm³/mol. The molecule has 17 heavy (non-hydrogen) atoms. The standard InChI is InChI=1S/C14H27N3/c1-5-17-11-15-9-14(17)10-16-13(4)8-6-7-12(2)3/h9,11-13,16H,5-8,10H2,1-4H3. The van der Waals surface area contributed by atoms with Gasteiger partial charge in [-0.15, -0.1) is 0 Å². The molecule has 0 aliphatic rings. The van der Waals surface area contributed by atoms with Gasteiger partial charge in [-0.2, -0.15) is 0 Å². The van der Waals surface area contributed by atoms with Crippen LogP contribution in [0.2, 0.25) is 0 Å². The molecular weight excluding hydrogens is 210 g/mol. The lowest BCUT2D eigenvalue weighted by Gasteiger charge is -2.15. The van der Waals surface area contributed by atoms with Gasteiger partial charge in [-0.1, -0.05) is 26.7 Å². The van der Waals surface area contributed by atoms with Gasteiger partial charge in [0.15, 0.2) is 0 Å². The first kappa shape index (κ1) is 14.2. The summed E-state index contributed by atoms with van der Waals surface area (Å²) in [6.07, 6.45) is 7.77. The largest absolute Gasteiger partial charge is 0.334 e. The Morgan fingerprint density at radius 1 is 1.29 bits per heavy atom. The highest BCUT2D eigenvalue weighted by Crippen LogP contribution is 2.08. The summed E-state index contributed by atoms with van der Waals surface area (Å²) in [6.45, 7) is 10.9. The van der Waals surface area contributed by atoms with E-state index in [1.165, 1.54) is 25.0 Å². The zero-order valence-electron chi connectivity index (χ0n) is 11.7. The summed E-state index contributed by atoms with van der Waals surface area (Å²) in [4.78, 5) is 4.18. The van der Waals surface area contributed by atoms with E-state index in [0.29, 0.717) is 6.04 Å². The van der Waals surface area contributed by atoms with Crippen LogP contribution in [0.3, 0.4) is 0 Å². The third kappa shape index (κ3) is 5.35. The van der Waals surface area contributed by atoms with Crippen molar-refractivity contribution in [1.82, 2.24) is 14.9 Å². The minimum Gasteiger partial charge on any atom is -0.334 e. The first-order chi connectivity index (χ1) is 8.13. The smallest absolute Gasteiger partial charge is 0.0948 e. The van der Waals surface area contributed by atoms with Gasteiger partial charge in [-0.3, -0.25) is 0 Å². The molecule has 1 unspecified atom stereocenters. The zero-order valence-corrected chi connectivity index (χ0v) is 11.7. The topological polar surface area (TPSA) is 29.9 Å². The van der Waals surface area contributed by atoms with Crippen molar-refractivity contribution in [2.75, 3.05) is 0 Å². The average molecular weight is 237 g/mol. The molecule has 0 saturated heterocycles. The maximum Gasteiger partial charge on any atom is 0.0948 e. The third-order valence-electron chi connectivity index (χ3n) is 3.19. The van der Waals surface area contributed by atoms with Gasteiger partial charge in [-0.05, 0) is 26.2 Å². The molecule has 1 atom stereocenters. The highest BCUT2D eigenvalue weighted by atomic mass is 15.1. The SMILES string of the molecule is CCn1cncc1CNC(C)CCCC(C)C. The molecule has 0 amide bonds. The van der Waals surface area contributed by atoms with Crippen LogP contribution in [0.1, 0.15) is 52.7 Å². The van der Waals surface area contributed by atoms with Crippen LogP contribution in [0.15, 0.2) is 12.5 Å². The maximum absolute atomic E-state index is 4.18. The molecule has 1 aromatic rings. The molecule has 0 spiro atoms. The zero-order chi connectivity index (χ0) is 12.7. The Hall–Kier alpha value is -0.830. The van der Waals surface area contributed by atoms with E-state index in [4.69, 9.17) is 0 Å². The summed E-state index contributed by atoms with van der Waals surface area (Å²) in [7, 11) is 0. The van der Waals surface area contributed by atoms with Gasteiger partial charge < -0.3 is 9.88 Å². The highest BCUT2D eigenvalue weighted by molar-refractivity contribution is 4.97. The predicted octanol–water partition coefficient (Wildman–Crippen LogP) is 3.21. The number of aromatic nitrogens is 2. The Morgan fingerprint density at radius 3 is 2.71 bits per heavy atom. The van der Waals surface area contributed by atoms with E-state index in [9.17, 15) is 0 Å². The Morgan fingerprint density at radius 2 is 2.06 bits per heavy atom. The van der Waals surface area contributed by atoms with Crippen LogP contribution in [0.5, 0.6) is 0 Å². The Balaban J connectivity index is 2.21. The number of nitrogens with one attached hydrogen (secondary N) is 1. The Bertz CT molecular complexity index is 304. The van der Waals surface area contributed by atoms with Gasteiger partial charge in [0.1, 0.15) is 0 Å². The van der Waals surface area contributed by atoms with Crippen LogP contribution in [0, 0.1) is 5.92 Å². The van der Waals surface area contributed by atoms with Crippen LogP contribution in [0.25, 0.3) is 0 Å². The lowest BCUT2D eigenvalue weighted by atomic mass is 10.0. The Kier molecular flexibility index (Phi) is 6.27. The lowest BCUT2D eigenvalue weighted by Crippen LogP contribution is -2.26. The molecule has 1 rings (SSSR count). The summed E-state index contributed by atoms with van der Waals surface area (Å²) in [5.74, 6) is 0.823. The van der Waals surface area contributed by atoms with Crippen molar-refractivity contribution < 1.29 is 0 Å². The normalized spacial score (nSPS) is 13.2. The summed E-state index contributed by atoms with van der Waals surface area (Å²) in [5, 5.41) is 3.57. The molecule has 0 fully saturated rings. The molecular formula is C14H27N3. The second-order valence-corrected chi connectivity index (χ2v) is 5.28. The second-order valence-electron chi connectivity index (χ2n) is 5.28. The molecule has 1 N–H and O–H groups in total. The van der Waals surface area contributed by atoms with Crippen LogP contribution in [-0.4, -0.2) is 15.6 Å². The first-order valence-electron chi connectivity index (χ1n) is 6.85. The monoisotopic (exact) mass is 237 g/mol. The Labute approximate surface area is 106 Å². The van der Waals surface area contributed by atoms with E-state index in [2.05, 4.69) is 42.6 Å². The van der Waals surface area contributed by atoms with Gasteiger partial charge in [0.2, 0.25) is 0 Å². The summed E-state index contributed by atoms with van der Waals surface area (Å²) < 4.78 is 2.19. The van der Waals surface area contributed by atoms with E-state index in [1.807, 2.05) is 12.5 Å². The van der Waals surface area contributed by atoms with E-state index < -0.39 is 0 Å². The summed E-state index contributed by atoms with van der Waals surface area (Å²) >= 11 is 0. The molecule has 98 valence electrons. The minimum atomic E-state index is 0.592. The van der Waals surface area contributed by atoms with Crippen molar-refractivity contribution in [2.45, 2.75) is 66.1 Å². The molecule has 0 radical (unpaired) electrons. The van der Waals surface area contributed by atoms with E-state index in [1.54, 1.807) is 0 Å². The van der Waals surface area contributed by atoms with Gasteiger partial charge >= 0.3 is 0 Å². The van der Waals surface area contributed by atoms with Crippen molar-refractivity contribution in [3.8, 4) is 0 Å². The van der Waals surface area contributed by atoms with E-state index in [-0.39, 0.29) is 0 Å². The van der Waals surface area contributed by atoms with E-state index >= 15 is 0 Å². The molecule has 0 aliphatic heterocycles. The highest BCUT2D eigenvalue weighted by Gasteiger charge is 2.05. The molecule has 0 aromatic carbocycles. The van der Waals surface area contributed by atoms with Crippen LogP contribution in [-0.2, 0) is 13.1 Å². The van der Waals surface area contributed by atoms with Crippen molar-refractivity contribution in [2.24, 2.45) is 5.92 Å². The van der Waals surface area contributed by atoms with Gasteiger partial charge in [0.25, 0.3) is 0 Å². The van der Waals surface area contributed by atoms with Gasteiger partial charge in [0, 0.05) is 25.3 Å². The van der Waals surface area contributed by atoms with Crippen molar-refractivity contribution in [1.29, 1.82) is 0 Å². The molecule has 0 bridgehead atoms. The third-order valence-corrected chi connectivity index (χ3v) is 3.19. The fourth-order valence-corrected chi connectivity index (χ4v) is 1.99. The number of hydrogen-bond acceptors (Lipinski definition) is 2. The molecule has 3 nitrogen and oxygen atoms in total. The number of nitrogens with zero attached hydrogens (tertiary/aromatic N) is 2. The van der Waals surface area contributed by atoms with Crippen molar-refractivity contribution in [3.05, 3.63) is 18.2 Å². The fourth-order valence-electron chi connectivity index (χ4n) is 1.99. The van der Waals surface area contributed by atoms with Gasteiger partial charge in [0.05, 0.1) is 12.0 Å². The quantitative estimate of drug-likeness (QED) is 0.752. The van der Waals surface area contributed by atoms with E-state index in [0.717, 1.165) is 19.0 Å². The first-order valence-corrected chi connectivity index (χ1v) is 6.85. The fraction of sp³-hybridized carbons (Fsp3) is 0.786. The molecule has 1 aromatic heterocycles. The van der Waals surface area contributed by atoms with Gasteiger partial charge in [-0.25, -0.2) is 4.98 Å². The molecule has 0 saturated carbocycles. The van der Waals surface area contributed by atoms with Crippen LogP contribution >= 0.6 is 0 Å². The van der Waals surface area contributed by atoms with Crippen molar-refractivity contribution >= 4 is 0 Å². The lowest BCUT2D eigenvalue weighted by molar-refractivity contribution is 0.451. The number of aryl methyl sites for hydroxylation is 1. The number of imidazole rings is 1. The van der Waals surface area contributed by atoms with Crippen LogP contribution < -0.4 is 5.32 Å². The molecule has 0 aliphatic carbocycles. The maximum atomic E-state index is 4.18. The van der Waals surface area contributed by atoms with Crippen molar-refractivity contribution in [3.63, 3.8) is 0 Å². The summed E-state index contributed by atoms with van der Waals surface area (Å²) in [6, 6.07) is 0.592. The molecule has 3 heteroatoms. The second kappa shape index (κ2) is 7.49. The minimum absolute atomic E-state index is 0.592. The van der Waals surface area contributed by atoms with Crippen LogP contribution in [0.4, 0.5) is 0 Å². The summed E-state index contributed by atoms with van der Waals surface area (Å²) in [5.41, 5.74) is 1.28. The molecule has 1 heterocycles. The average Bonchev–Trinajstić information content (AvgIpc) is 2.73.